The van der Waals surface area contributed by atoms with Gasteiger partial charge in [-0.15, -0.1) is 0 Å². The number of hydrogen-bond donors (Lipinski definition) is 5. The van der Waals surface area contributed by atoms with E-state index in [0.29, 0.717) is 17.9 Å². The van der Waals surface area contributed by atoms with Gasteiger partial charge in [0.25, 0.3) is 5.60 Å². The summed E-state index contributed by atoms with van der Waals surface area (Å²) in [5.74, 6) is -0.310. The van der Waals surface area contributed by atoms with Crippen molar-refractivity contribution in [2.75, 3.05) is 33.4 Å². The van der Waals surface area contributed by atoms with Crippen LogP contribution in [0.15, 0.2) is 82.3 Å². The van der Waals surface area contributed by atoms with Crippen LogP contribution in [-0.4, -0.2) is 79.4 Å². The predicted octanol–water partition coefficient (Wildman–Crippen LogP) is 4.16. The van der Waals surface area contributed by atoms with Crippen molar-refractivity contribution in [2.24, 2.45) is 11.8 Å². The van der Waals surface area contributed by atoms with Gasteiger partial charge in [0.05, 0.1) is 19.4 Å². The van der Waals surface area contributed by atoms with E-state index in [1.165, 1.54) is 16.7 Å². The predicted molar refractivity (Wildman–Crippen MR) is 190 cm³/mol. The van der Waals surface area contributed by atoms with Crippen LogP contribution in [0, 0.1) is 11.8 Å². The van der Waals surface area contributed by atoms with E-state index in [4.69, 9.17) is 9.47 Å². The first kappa shape index (κ1) is 34.6. The number of aliphatic hydroxyl groups is 1. The molecule has 10 heteroatoms. The van der Waals surface area contributed by atoms with Gasteiger partial charge in [0.2, 0.25) is 5.78 Å². The molecule has 6 aliphatic rings. The van der Waals surface area contributed by atoms with Crippen molar-refractivity contribution in [3.8, 4) is 0 Å². The summed E-state index contributed by atoms with van der Waals surface area (Å²) in [6.07, 6.45) is 15.3. The minimum Gasteiger partial charge on any atom is -0.463 e. The number of Topliss-reactive ketones (excluding diaryl/α,β-unsaturated/α-hetero) is 2. The van der Waals surface area contributed by atoms with E-state index in [0.717, 1.165) is 63.0 Å². The third-order valence-corrected chi connectivity index (χ3v) is 11.7. The molecule has 5 N–H and O–H groups in total. The standard InChI is InChI=1S/C40H50N4O6/c1-4-42-33-20-27-10-6-5-9-26(27)19-28(33)23-49-38(48)40-36(47)32-12-8-7-11-31(32)35(46)39(40,50-40)21-29(22-45)24(2)13-14-25-17-18-43-37-30(25)15-16-34(41-3)44-37/h6-8,10-12,17,20,26,28,33-34,41-45H,4-5,9,13-16,18-19,21-23H2,1-3H3. The van der Waals surface area contributed by atoms with Gasteiger partial charge in [0.15, 0.2) is 11.4 Å². The Morgan fingerprint density at radius 1 is 1.16 bits per heavy atom. The van der Waals surface area contributed by atoms with E-state index in [-0.39, 0.29) is 48.9 Å². The Balaban J connectivity index is 1.12. The van der Waals surface area contributed by atoms with Gasteiger partial charge in [0, 0.05) is 36.1 Å². The SMILES string of the molecule is CCNC1C=C2C=CCCC2CC1COC(=O)C12OC1(CC(CO)=C(C)CCC1=CCNC3=C1CCC(NC)N3)C(=O)c1ccccc1C2=O. The maximum Gasteiger partial charge on any atom is 0.350 e. The number of ether oxygens (including phenoxy) is 2. The van der Waals surface area contributed by atoms with Gasteiger partial charge in [0.1, 0.15) is 5.82 Å². The molecule has 7 rings (SSSR count). The van der Waals surface area contributed by atoms with Crippen LogP contribution in [0.5, 0.6) is 0 Å². The zero-order valence-electron chi connectivity index (χ0n) is 29.4. The molecule has 6 atom stereocenters. The highest BCUT2D eigenvalue weighted by Crippen LogP contribution is 2.59. The molecular weight excluding hydrogens is 632 g/mol. The number of benzene rings is 1. The average molecular weight is 683 g/mol. The van der Waals surface area contributed by atoms with Crippen molar-refractivity contribution in [3.63, 3.8) is 0 Å². The van der Waals surface area contributed by atoms with E-state index in [1.807, 2.05) is 14.0 Å². The molecule has 3 aliphatic heterocycles. The van der Waals surface area contributed by atoms with E-state index >= 15 is 0 Å². The second-order valence-corrected chi connectivity index (χ2v) is 14.5. The number of carbonyl (C=O) groups excluding carboxylic acids is 3. The van der Waals surface area contributed by atoms with Crippen molar-refractivity contribution < 1.29 is 29.0 Å². The first-order valence-corrected chi connectivity index (χ1v) is 18.3. The first-order chi connectivity index (χ1) is 24.3. The molecule has 0 radical (unpaired) electrons. The number of rotatable bonds is 12. The van der Waals surface area contributed by atoms with Crippen LogP contribution in [0.3, 0.4) is 0 Å². The quantitative estimate of drug-likeness (QED) is 0.0945. The number of likely N-dealkylation sites (N-methyl/N-ethyl adjacent to an activating group) is 1. The van der Waals surface area contributed by atoms with Gasteiger partial charge in [-0.1, -0.05) is 61.1 Å². The lowest BCUT2D eigenvalue weighted by Gasteiger charge is -2.36. The summed E-state index contributed by atoms with van der Waals surface area (Å²) >= 11 is 0. The van der Waals surface area contributed by atoms with Crippen molar-refractivity contribution in [1.82, 2.24) is 21.3 Å². The lowest BCUT2D eigenvalue weighted by atomic mass is 9.71. The molecule has 10 nitrogen and oxygen atoms in total. The Morgan fingerprint density at radius 2 is 1.96 bits per heavy atom. The van der Waals surface area contributed by atoms with Gasteiger partial charge in [-0.25, -0.2) is 4.79 Å². The Hall–Kier alpha value is -3.83. The molecule has 1 aromatic carbocycles. The highest BCUT2D eigenvalue weighted by atomic mass is 16.7. The largest absolute Gasteiger partial charge is 0.463 e. The van der Waals surface area contributed by atoms with Crippen molar-refractivity contribution >= 4 is 17.5 Å². The summed E-state index contributed by atoms with van der Waals surface area (Å²) in [6.45, 7) is 5.30. The molecule has 3 aliphatic carbocycles. The number of allylic oxidation sites excluding steroid dienone is 6. The molecule has 266 valence electrons. The Morgan fingerprint density at radius 3 is 2.72 bits per heavy atom. The highest BCUT2D eigenvalue weighted by Gasteiger charge is 2.85. The molecule has 0 saturated carbocycles. The number of esters is 1. The monoisotopic (exact) mass is 682 g/mol. The number of aliphatic hydroxyl groups excluding tert-OH is 1. The third-order valence-electron chi connectivity index (χ3n) is 11.7. The smallest absolute Gasteiger partial charge is 0.350 e. The normalized spacial score (nSPS) is 31.5. The second kappa shape index (κ2) is 14.1. The highest BCUT2D eigenvalue weighted by molar-refractivity contribution is 6.32. The Bertz CT molecular complexity index is 1720. The van der Waals surface area contributed by atoms with Crippen molar-refractivity contribution in [2.45, 2.75) is 88.6 Å². The van der Waals surface area contributed by atoms with E-state index in [1.54, 1.807) is 24.3 Å². The van der Waals surface area contributed by atoms with E-state index in [2.05, 4.69) is 52.5 Å². The summed E-state index contributed by atoms with van der Waals surface area (Å²) in [5, 5.41) is 24.5. The lowest BCUT2D eigenvalue weighted by molar-refractivity contribution is -0.150. The van der Waals surface area contributed by atoms with Crippen LogP contribution in [0.4, 0.5) is 0 Å². The van der Waals surface area contributed by atoms with Crippen LogP contribution in [0.25, 0.3) is 0 Å². The van der Waals surface area contributed by atoms with Crippen LogP contribution >= 0.6 is 0 Å². The number of epoxide rings is 1. The summed E-state index contributed by atoms with van der Waals surface area (Å²) in [6, 6.07) is 6.60. The van der Waals surface area contributed by atoms with Crippen molar-refractivity contribution in [1.29, 1.82) is 0 Å². The lowest BCUT2D eigenvalue weighted by Crippen LogP contribution is -2.51. The Kier molecular flexibility index (Phi) is 9.73. The molecule has 3 heterocycles. The number of nitrogens with one attached hydrogen (secondary N) is 4. The Labute approximate surface area is 294 Å². The number of carbonyl (C=O) groups is 3. The topological polar surface area (TPSA) is 141 Å². The molecule has 1 saturated heterocycles. The molecule has 0 aromatic heterocycles. The van der Waals surface area contributed by atoms with E-state index in [9.17, 15) is 19.5 Å². The molecule has 1 fully saturated rings. The molecule has 0 spiro atoms. The average Bonchev–Trinajstić information content (AvgIpc) is 3.85. The second-order valence-electron chi connectivity index (χ2n) is 14.5. The number of ketones is 2. The summed E-state index contributed by atoms with van der Waals surface area (Å²) in [7, 11) is 1.95. The van der Waals surface area contributed by atoms with Gasteiger partial charge in [-0.2, -0.15) is 0 Å². The van der Waals surface area contributed by atoms with Crippen LogP contribution < -0.4 is 21.3 Å². The molecular formula is C40H50N4O6. The molecule has 50 heavy (non-hydrogen) atoms. The van der Waals surface area contributed by atoms with Crippen LogP contribution in [-0.2, 0) is 14.3 Å². The minimum atomic E-state index is -2.08. The van der Waals surface area contributed by atoms with Crippen LogP contribution in [0.2, 0.25) is 0 Å². The fraction of sp³-hybridized carbons (Fsp3) is 0.525. The van der Waals surface area contributed by atoms with Gasteiger partial charge < -0.3 is 35.8 Å². The maximum atomic E-state index is 14.3. The summed E-state index contributed by atoms with van der Waals surface area (Å²) < 4.78 is 12.2. The number of hydrogen-bond acceptors (Lipinski definition) is 10. The number of dihydropyridines is 1. The van der Waals surface area contributed by atoms with Gasteiger partial charge in [-0.05, 0) is 93.7 Å². The van der Waals surface area contributed by atoms with Gasteiger partial charge in [-0.3, -0.25) is 9.59 Å². The van der Waals surface area contributed by atoms with E-state index < -0.39 is 28.7 Å². The van der Waals surface area contributed by atoms with Crippen molar-refractivity contribution in [3.05, 3.63) is 93.4 Å². The fourth-order valence-electron chi connectivity index (χ4n) is 8.77. The van der Waals surface area contributed by atoms with Crippen LogP contribution in [0.1, 0.15) is 85.9 Å². The molecule has 0 bridgehead atoms. The molecule has 0 amide bonds. The third kappa shape index (κ3) is 5.89. The molecule has 6 unspecified atom stereocenters. The zero-order chi connectivity index (χ0) is 35.0. The maximum absolute atomic E-state index is 14.3. The number of fused-ring (bicyclic) bond motifs is 3. The minimum absolute atomic E-state index is 0.0175. The first-order valence-electron chi connectivity index (χ1n) is 18.3. The zero-order valence-corrected chi connectivity index (χ0v) is 29.4. The summed E-state index contributed by atoms with van der Waals surface area (Å²) in [5.41, 5.74) is 1.94. The van der Waals surface area contributed by atoms with Gasteiger partial charge >= 0.3 is 5.97 Å². The summed E-state index contributed by atoms with van der Waals surface area (Å²) in [4.78, 5) is 42.7. The fourth-order valence-corrected chi connectivity index (χ4v) is 8.77. The molecule has 1 aromatic rings.